The average molecular weight is 246 g/mol. The van der Waals surface area contributed by atoms with E-state index in [1.165, 1.54) is 12.1 Å². The van der Waals surface area contributed by atoms with Crippen LogP contribution in [0.15, 0.2) is 47.3 Å². The monoisotopic (exact) mass is 246 g/mol. The Morgan fingerprint density at radius 1 is 1.22 bits per heavy atom. The lowest BCUT2D eigenvalue weighted by molar-refractivity contribution is -0.122. The number of ketones is 1. The Kier molecular flexibility index (Phi) is 3.32. The van der Waals surface area contributed by atoms with Crippen LogP contribution in [0.2, 0.25) is 0 Å². The molecule has 0 N–H and O–H groups in total. The SMILES string of the molecule is CC(C)(C(=O)Cc1ccoc1)c1ccc(F)cc1. The average Bonchev–Trinajstić information content (AvgIpc) is 2.82. The first-order valence-electron chi connectivity index (χ1n) is 5.80. The molecular formula is C15H15FO2. The molecule has 0 atom stereocenters. The molecule has 0 amide bonds. The van der Waals surface area contributed by atoms with Gasteiger partial charge in [0, 0.05) is 11.8 Å². The topological polar surface area (TPSA) is 30.2 Å². The number of rotatable bonds is 4. The number of Topliss-reactive ketones (excluding diaryl/α,β-unsaturated/α-hetero) is 1. The van der Waals surface area contributed by atoms with Crippen molar-refractivity contribution in [3.05, 3.63) is 59.8 Å². The summed E-state index contributed by atoms with van der Waals surface area (Å²) in [7, 11) is 0. The summed E-state index contributed by atoms with van der Waals surface area (Å²) < 4.78 is 17.8. The van der Waals surface area contributed by atoms with Gasteiger partial charge in [-0.1, -0.05) is 12.1 Å². The van der Waals surface area contributed by atoms with Gasteiger partial charge < -0.3 is 4.42 Å². The molecule has 0 radical (unpaired) electrons. The number of carbonyl (C=O) groups is 1. The zero-order valence-electron chi connectivity index (χ0n) is 10.4. The van der Waals surface area contributed by atoms with Gasteiger partial charge in [0.15, 0.2) is 0 Å². The molecule has 0 bridgehead atoms. The molecule has 2 rings (SSSR count). The van der Waals surface area contributed by atoms with Crippen molar-refractivity contribution in [1.29, 1.82) is 0 Å². The molecule has 3 heteroatoms. The summed E-state index contributed by atoms with van der Waals surface area (Å²) in [4.78, 5) is 12.3. The number of halogens is 1. The van der Waals surface area contributed by atoms with Crippen molar-refractivity contribution >= 4 is 5.78 Å². The Morgan fingerprint density at radius 3 is 2.44 bits per heavy atom. The third-order valence-corrected chi connectivity index (χ3v) is 3.21. The molecule has 94 valence electrons. The van der Waals surface area contributed by atoms with Gasteiger partial charge in [0.1, 0.15) is 11.6 Å². The highest BCUT2D eigenvalue weighted by molar-refractivity contribution is 5.90. The molecule has 1 heterocycles. The number of benzene rings is 1. The van der Waals surface area contributed by atoms with E-state index in [4.69, 9.17) is 4.42 Å². The molecule has 1 aromatic heterocycles. The van der Waals surface area contributed by atoms with Crippen molar-refractivity contribution in [2.24, 2.45) is 0 Å². The molecule has 2 nitrogen and oxygen atoms in total. The van der Waals surface area contributed by atoms with Crippen LogP contribution < -0.4 is 0 Å². The van der Waals surface area contributed by atoms with Crippen molar-refractivity contribution in [1.82, 2.24) is 0 Å². The van der Waals surface area contributed by atoms with Gasteiger partial charge in [-0.25, -0.2) is 4.39 Å². The second kappa shape index (κ2) is 4.77. The standard InChI is InChI=1S/C15H15FO2/c1-15(2,12-3-5-13(16)6-4-12)14(17)9-11-7-8-18-10-11/h3-8,10H,9H2,1-2H3. The highest BCUT2D eigenvalue weighted by Crippen LogP contribution is 2.26. The van der Waals surface area contributed by atoms with Crippen LogP contribution in [-0.4, -0.2) is 5.78 Å². The molecule has 0 aliphatic carbocycles. The van der Waals surface area contributed by atoms with Crippen LogP contribution in [0.5, 0.6) is 0 Å². The van der Waals surface area contributed by atoms with E-state index in [9.17, 15) is 9.18 Å². The first-order valence-corrected chi connectivity index (χ1v) is 5.80. The fraction of sp³-hybridized carbons (Fsp3) is 0.267. The van der Waals surface area contributed by atoms with Gasteiger partial charge in [-0.2, -0.15) is 0 Å². The highest BCUT2D eigenvalue weighted by Gasteiger charge is 2.29. The molecule has 18 heavy (non-hydrogen) atoms. The van der Waals surface area contributed by atoms with Crippen molar-refractivity contribution < 1.29 is 13.6 Å². The Balaban J connectivity index is 2.19. The van der Waals surface area contributed by atoms with Gasteiger partial charge in [0.2, 0.25) is 0 Å². The quantitative estimate of drug-likeness (QED) is 0.826. The van der Waals surface area contributed by atoms with Crippen LogP contribution in [0.4, 0.5) is 4.39 Å². The maximum Gasteiger partial charge on any atom is 0.147 e. The normalized spacial score (nSPS) is 11.5. The number of hydrogen-bond acceptors (Lipinski definition) is 2. The third-order valence-electron chi connectivity index (χ3n) is 3.21. The molecule has 2 aromatic rings. The van der Waals surface area contributed by atoms with Crippen LogP contribution in [0.3, 0.4) is 0 Å². The number of furan rings is 1. The van der Waals surface area contributed by atoms with Crippen LogP contribution in [0.1, 0.15) is 25.0 Å². The summed E-state index contributed by atoms with van der Waals surface area (Å²) >= 11 is 0. The van der Waals surface area contributed by atoms with Crippen LogP contribution in [0.25, 0.3) is 0 Å². The number of hydrogen-bond donors (Lipinski definition) is 0. The lowest BCUT2D eigenvalue weighted by Gasteiger charge is -2.23. The van der Waals surface area contributed by atoms with E-state index in [1.54, 1.807) is 30.7 Å². The van der Waals surface area contributed by atoms with Gasteiger partial charge in [-0.05, 0) is 43.2 Å². The smallest absolute Gasteiger partial charge is 0.147 e. The fourth-order valence-electron chi connectivity index (χ4n) is 1.83. The van der Waals surface area contributed by atoms with E-state index in [1.807, 2.05) is 13.8 Å². The summed E-state index contributed by atoms with van der Waals surface area (Å²) in [5.41, 5.74) is 1.04. The summed E-state index contributed by atoms with van der Waals surface area (Å²) in [5.74, 6) is -0.215. The highest BCUT2D eigenvalue weighted by atomic mass is 19.1. The second-order valence-corrected chi connectivity index (χ2v) is 4.86. The Labute approximate surface area is 105 Å². The largest absolute Gasteiger partial charge is 0.472 e. The van der Waals surface area contributed by atoms with Crippen molar-refractivity contribution in [3.8, 4) is 0 Å². The summed E-state index contributed by atoms with van der Waals surface area (Å²) in [6.45, 7) is 3.70. The van der Waals surface area contributed by atoms with Gasteiger partial charge in [-0.15, -0.1) is 0 Å². The Bertz CT molecular complexity index is 524. The summed E-state index contributed by atoms with van der Waals surface area (Å²) in [5, 5.41) is 0. The predicted octanol–water partition coefficient (Wildman–Crippen LogP) is 3.51. The zero-order chi connectivity index (χ0) is 13.2. The zero-order valence-corrected chi connectivity index (χ0v) is 10.4. The molecule has 0 aliphatic rings. The predicted molar refractivity (Wildman–Crippen MR) is 66.8 cm³/mol. The Hall–Kier alpha value is -1.90. The minimum absolute atomic E-state index is 0.0792. The molecule has 0 aliphatic heterocycles. The van der Waals surface area contributed by atoms with E-state index >= 15 is 0 Å². The van der Waals surface area contributed by atoms with E-state index in [-0.39, 0.29) is 11.6 Å². The van der Waals surface area contributed by atoms with Crippen LogP contribution in [0, 0.1) is 5.82 Å². The van der Waals surface area contributed by atoms with Gasteiger partial charge in [-0.3, -0.25) is 4.79 Å². The summed E-state index contributed by atoms with van der Waals surface area (Å²) in [6, 6.07) is 7.84. The third kappa shape index (κ3) is 2.50. The van der Waals surface area contributed by atoms with Crippen LogP contribution >= 0.6 is 0 Å². The lowest BCUT2D eigenvalue weighted by atomic mass is 9.79. The molecule has 1 aromatic carbocycles. The Morgan fingerprint density at radius 2 is 1.89 bits per heavy atom. The van der Waals surface area contributed by atoms with Crippen molar-refractivity contribution in [2.45, 2.75) is 25.7 Å². The van der Waals surface area contributed by atoms with Crippen molar-refractivity contribution in [2.75, 3.05) is 0 Å². The second-order valence-electron chi connectivity index (χ2n) is 4.86. The maximum atomic E-state index is 12.9. The molecule has 0 spiro atoms. The van der Waals surface area contributed by atoms with Gasteiger partial charge in [0.05, 0.1) is 12.5 Å². The van der Waals surface area contributed by atoms with Crippen LogP contribution in [-0.2, 0) is 16.6 Å². The van der Waals surface area contributed by atoms with Gasteiger partial charge >= 0.3 is 0 Å². The fourth-order valence-corrected chi connectivity index (χ4v) is 1.83. The first kappa shape index (κ1) is 12.6. The van der Waals surface area contributed by atoms with Gasteiger partial charge in [0.25, 0.3) is 0 Å². The first-order chi connectivity index (χ1) is 8.50. The van der Waals surface area contributed by atoms with E-state index in [0.29, 0.717) is 6.42 Å². The lowest BCUT2D eigenvalue weighted by Crippen LogP contribution is -2.30. The number of carbonyl (C=O) groups excluding carboxylic acids is 1. The minimum atomic E-state index is -0.634. The molecule has 0 unspecified atom stereocenters. The molecule has 0 saturated carbocycles. The van der Waals surface area contributed by atoms with E-state index < -0.39 is 5.41 Å². The molecule has 0 fully saturated rings. The van der Waals surface area contributed by atoms with E-state index in [0.717, 1.165) is 11.1 Å². The maximum absolute atomic E-state index is 12.9. The van der Waals surface area contributed by atoms with E-state index in [2.05, 4.69) is 0 Å². The molecular weight excluding hydrogens is 231 g/mol. The summed E-state index contributed by atoms with van der Waals surface area (Å²) in [6.07, 6.45) is 3.44. The molecule has 0 saturated heterocycles. The minimum Gasteiger partial charge on any atom is -0.472 e. The van der Waals surface area contributed by atoms with Crippen molar-refractivity contribution in [3.63, 3.8) is 0 Å².